The zero-order valence-electron chi connectivity index (χ0n) is 23.4. The molecular weight excluding hydrogens is 616 g/mol. The summed E-state index contributed by atoms with van der Waals surface area (Å²) in [6, 6.07) is 13.7. The molecular formula is C29H28N2O13S. The first-order valence-corrected chi connectivity index (χ1v) is 14.5. The molecule has 45 heavy (non-hydrogen) atoms. The van der Waals surface area contributed by atoms with Crippen LogP contribution in [0.15, 0.2) is 65.6 Å². The van der Waals surface area contributed by atoms with Crippen LogP contribution >= 0.6 is 0 Å². The predicted molar refractivity (Wildman–Crippen MR) is 152 cm³/mol. The molecule has 0 saturated heterocycles. The number of carboxylic acids is 4. The summed E-state index contributed by atoms with van der Waals surface area (Å²) < 4.78 is 32.6. The van der Waals surface area contributed by atoms with Crippen molar-refractivity contribution in [2.75, 3.05) is 26.2 Å². The van der Waals surface area contributed by atoms with E-state index in [9.17, 15) is 58.2 Å². The van der Waals surface area contributed by atoms with E-state index in [1.807, 2.05) is 0 Å². The van der Waals surface area contributed by atoms with E-state index in [1.54, 1.807) is 6.07 Å². The van der Waals surface area contributed by atoms with Crippen LogP contribution in [0.4, 0.5) is 0 Å². The van der Waals surface area contributed by atoms with E-state index in [0.29, 0.717) is 0 Å². The molecule has 1 heterocycles. The van der Waals surface area contributed by atoms with Gasteiger partial charge in [0.05, 0.1) is 26.2 Å². The average Bonchev–Trinajstić information content (AvgIpc) is 3.17. The number of nitrogens with zero attached hydrogens (tertiary/aromatic N) is 2. The van der Waals surface area contributed by atoms with Crippen LogP contribution in [0.3, 0.4) is 0 Å². The second kappa shape index (κ2) is 12.9. The van der Waals surface area contributed by atoms with E-state index in [2.05, 4.69) is 0 Å². The third-order valence-electron chi connectivity index (χ3n) is 6.97. The van der Waals surface area contributed by atoms with Crippen LogP contribution in [0.1, 0.15) is 27.8 Å². The van der Waals surface area contributed by atoms with Crippen molar-refractivity contribution < 1.29 is 62.4 Å². The normalized spacial score (nSPS) is 14.7. The number of phenolic OH excluding ortho intramolecular Hbond substituents is 2. The molecule has 0 bridgehead atoms. The first-order valence-electron chi connectivity index (χ1n) is 13.1. The number of carbonyl (C=O) groups is 4. The minimum Gasteiger partial charge on any atom is -0.508 e. The maximum Gasteiger partial charge on any atom is 0.317 e. The van der Waals surface area contributed by atoms with Crippen LogP contribution in [0, 0.1) is 0 Å². The van der Waals surface area contributed by atoms with Crippen LogP contribution in [0.5, 0.6) is 11.5 Å². The van der Waals surface area contributed by atoms with Crippen molar-refractivity contribution in [1.29, 1.82) is 0 Å². The Labute approximate surface area is 255 Å². The fourth-order valence-corrected chi connectivity index (χ4v) is 6.68. The first kappa shape index (κ1) is 32.9. The van der Waals surface area contributed by atoms with Gasteiger partial charge in [0.1, 0.15) is 16.4 Å². The van der Waals surface area contributed by atoms with Gasteiger partial charge in [0.25, 0.3) is 10.1 Å². The summed E-state index contributed by atoms with van der Waals surface area (Å²) in [5, 5.41) is 58.4. The van der Waals surface area contributed by atoms with E-state index >= 15 is 0 Å². The summed E-state index contributed by atoms with van der Waals surface area (Å²) in [4.78, 5) is 47.4. The highest BCUT2D eigenvalue weighted by Crippen LogP contribution is 2.51. The highest BCUT2D eigenvalue weighted by atomic mass is 32.2. The zero-order valence-corrected chi connectivity index (χ0v) is 24.2. The van der Waals surface area contributed by atoms with E-state index in [4.69, 9.17) is 4.18 Å². The Hall–Kier alpha value is -5.03. The molecule has 0 amide bonds. The first-order chi connectivity index (χ1) is 21.1. The molecule has 0 saturated carbocycles. The molecule has 238 valence electrons. The van der Waals surface area contributed by atoms with E-state index < -0.39 is 65.8 Å². The molecule has 0 unspecified atom stereocenters. The standard InChI is InChI=1S/C29H28N2O13S/c32-22-7-5-19(9-17(22)11-30(13-25(34)35)14-26(36)37)29(21-3-1-2-4-24(21)45(42,43)44-29)20-6-8-23(33)18(10-20)12-31(15-27(38)39)16-28(40)41/h1-10,32-33H,11-16H2,(H,34,35)(H,36,37)(H,38,39)(H,40,41). The van der Waals surface area contributed by atoms with Gasteiger partial charge in [-0.15, -0.1) is 0 Å². The molecule has 0 aliphatic carbocycles. The average molecular weight is 645 g/mol. The van der Waals surface area contributed by atoms with Crippen LogP contribution in [-0.2, 0) is 52.2 Å². The summed E-state index contributed by atoms with van der Waals surface area (Å²) in [6.45, 7) is -3.44. The lowest BCUT2D eigenvalue weighted by molar-refractivity contribution is -0.144. The zero-order chi connectivity index (χ0) is 33.1. The van der Waals surface area contributed by atoms with Gasteiger partial charge in [-0.25, -0.2) is 4.18 Å². The van der Waals surface area contributed by atoms with Gasteiger partial charge in [-0.1, -0.05) is 30.3 Å². The van der Waals surface area contributed by atoms with Crippen LogP contribution in [0.25, 0.3) is 0 Å². The number of fused-ring (bicyclic) bond motifs is 1. The highest BCUT2D eigenvalue weighted by molar-refractivity contribution is 7.87. The molecule has 6 N–H and O–H groups in total. The van der Waals surface area contributed by atoms with E-state index in [0.717, 1.165) is 9.80 Å². The largest absolute Gasteiger partial charge is 0.508 e. The number of rotatable bonds is 14. The number of aliphatic carboxylic acids is 4. The topological polar surface area (TPSA) is 240 Å². The molecule has 0 radical (unpaired) electrons. The number of aromatic hydroxyl groups is 2. The van der Waals surface area contributed by atoms with Gasteiger partial charge in [-0.2, -0.15) is 8.42 Å². The van der Waals surface area contributed by atoms with E-state index in [1.165, 1.54) is 54.6 Å². The van der Waals surface area contributed by atoms with E-state index in [-0.39, 0.29) is 57.3 Å². The summed E-state index contributed by atoms with van der Waals surface area (Å²) >= 11 is 0. The van der Waals surface area contributed by atoms with Gasteiger partial charge >= 0.3 is 23.9 Å². The third kappa shape index (κ3) is 7.21. The number of hydrogen-bond acceptors (Lipinski definition) is 11. The molecule has 1 aliphatic heterocycles. The van der Waals surface area contributed by atoms with Crippen molar-refractivity contribution in [2.24, 2.45) is 0 Å². The number of benzene rings is 3. The lowest BCUT2D eigenvalue weighted by Gasteiger charge is -2.31. The van der Waals surface area contributed by atoms with Crippen LogP contribution in [-0.4, -0.2) is 98.9 Å². The van der Waals surface area contributed by atoms with Gasteiger partial charge in [0.2, 0.25) is 0 Å². The smallest absolute Gasteiger partial charge is 0.317 e. The fraction of sp³-hybridized carbons (Fsp3) is 0.241. The van der Waals surface area contributed by atoms with Gasteiger partial charge in [0, 0.05) is 29.8 Å². The van der Waals surface area contributed by atoms with Gasteiger partial charge < -0.3 is 30.6 Å². The second-order valence-electron chi connectivity index (χ2n) is 10.3. The second-order valence-corrected chi connectivity index (χ2v) is 11.8. The van der Waals surface area contributed by atoms with Gasteiger partial charge in [0.15, 0.2) is 5.60 Å². The summed E-state index contributed by atoms with van der Waals surface area (Å²) in [6.07, 6.45) is 0. The Balaban J connectivity index is 1.91. The van der Waals surface area contributed by atoms with Crippen molar-refractivity contribution in [3.05, 3.63) is 88.5 Å². The molecule has 0 aromatic heterocycles. The minimum absolute atomic E-state index is 0.0489. The summed E-state index contributed by atoms with van der Waals surface area (Å²) in [5.41, 5.74) is -1.48. The van der Waals surface area contributed by atoms with Crippen molar-refractivity contribution in [3.8, 4) is 11.5 Å². The van der Waals surface area contributed by atoms with Crippen molar-refractivity contribution >= 4 is 34.0 Å². The number of carboxylic acid groups (broad SMARTS) is 4. The monoisotopic (exact) mass is 644 g/mol. The molecule has 0 atom stereocenters. The Kier molecular flexibility index (Phi) is 9.43. The Morgan fingerprint density at radius 1 is 0.644 bits per heavy atom. The molecule has 4 rings (SSSR count). The number of hydrogen-bond donors (Lipinski definition) is 6. The Morgan fingerprint density at radius 3 is 1.44 bits per heavy atom. The van der Waals surface area contributed by atoms with Crippen molar-refractivity contribution in [3.63, 3.8) is 0 Å². The fourth-order valence-electron chi connectivity index (χ4n) is 5.25. The third-order valence-corrected chi connectivity index (χ3v) is 8.33. The lowest BCUT2D eigenvalue weighted by Crippen LogP contribution is -2.35. The SMILES string of the molecule is O=C(O)CN(CC(=O)O)Cc1cc(C2(c3ccc(O)c(CN(CC(=O)O)CC(=O)O)c3)OS(=O)(=O)c3ccccc32)ccc1O. The molecule has 16 heteroatoms. The molecule has 0 fully saturated rings. The molecule has 15 nitrogen and oxygen atoms in total. The summed E-state index contributed by atoms with van der Waals surface area (Å²) in [5.74, 6) is -5.96. The highest BCUT2D eigenvalue weighted by Gasteiger charge is 2.51. The van der Waals surface area contributed by atoms with Crippen molar-refractivity contribution in [2.45, 2.75) is 23.6 Å². The maximum atomic E-state index is 13.4. The Morgan fingerprint density at radius 2 is 1.04 bits per heavy atom. The van der Waals surface area contributed by atoms with Crippen molar-refractivity contribution in [1.82, 2.24) is 9.80 Å². The Bertz CT molecular complexity index is 1650. The van der Waals surface area contributed by atoms with Gasteiger partial charge in [-0.05, 0) is 41.5 Å². The summed E-state index contributed by atoms with van der Waals surface area (Å²) in [7, 11) is -4.42. The lowest BCUT2D eigenvalue weighted by atomic mass is 9.79. The van der Waals surface area contributed by atoms with Crippen LogP contribution in [0.2, 0.25) is 0 Å². The molecule has 3 aromatic rings. The number of phenols is 2. The molecule has 1 aliphatic rings. The van der Waals surface area contributed by atoms with Gasteiger partial charge in [-0.3, -0.25) is 29.0 Å². The maximum absolute atomic E-state index is 13.4. The van der Waals surface area contributed by atoms with Crippen LogP contribution < -0.4 is 0 Å². The molecule has 0 spiro atoms. The predicted octanol–water partition coefficient (Wildman–Crippen LogP) is 1.05. The molecule has 3 aromatic carbocycles. The minimum atomic E-state index is -4.42. The quantitative estimate of drug-likeness (QED) is 0.134.